The number of ether oxygens (including phenoxy) is 1. The number of quaternary nitrogens is 1. The fourth-order valence-corrected chi connectivity index (χ4v) is 4.42. The van der Waals surface area contributed by atoms with Crippen LogP contribution in [-0.4, -0.2) is 50.3 Å². The molecule has 0 spiro atoms. The first-order chi connectivity index (χ1) is 13.2. The van der Waals surface area contributed by atoms with E-state index in [0.29, 0.717) is 12.1 Å². The highest BCUT2D eigenvalue weighted by atomic mass is 32.1. The molecule has 5 nitrogen and oxygen atoms in total. The van der Waals surface area contributed by atoms with Gasteiger partial charge < -0.3 is 9.64 Å². The maximum absolute atomic E-state index is 13.2. The van der Waals surface area contributed by atoms with Gasteiger partial charge in [0.2, 0.25) is 0 Å². The molecule has 1 saturated heterocycles. The molecular formula is C21H24N3O2S+. The Morgan fingerprint density at radius 2 is 1.96 bits per heavy atom. The third-order valence-corrected chi connectivity index (χ3v) is 5.96. The number of rotatable bonds is 5. The van der Waals surface area contributed by atoms with Gasteiger partial charge in [0, 0.05) is 5.56 Å². The van der Waals surface area contributed by atoms with Crippen LogP contribution in [0.1, 0.15) is 15.9 Å². The zero-order valence-electron chi connectivity index (χ0n) is 15.5. The molecule has 6 heteroatoms. The molecule has 0 bridgehead atoms. The topological polar surface area (TPSA) is 46.9 Å². The van der Waals surface area contributed by atoms with Crippen molar-refractivity contribution in [3.05, 3.63) is 59.7 Å². The average molecular weight is 383 g/mol. The van der Waals surface area contributed by atoms with Crippen molar-refractivity contribution in [1.29, 1.82) is 0 Å². The molecule has 0 unspecified atom stereocenters. The lowest BCUT2D eigenvalue weighted by atomic mass is 10.2. The maximum Gasteiger partial charge on any atom is 0.260 e. The maximum atomic E-state index is 13.2. The lowest BCUT2D eigenvalue weighted by Gasteiger charge is -2.26. The van der Waals surface area contributed by atoms with Crippen molar-refractivity contribution in [3.63, 3.8) is 0 Å². The van der Waals surface area contributed by atoms with E-state index in [1.54, 1.807) is 11.3 Å². The van der Waals surface area contributed by atoms with Crippen molar-refractivity contribution < 1.29 is 14.4 Å². The molecule has 1 amide bonds. The largest absolute Gasteiger partial charge is 0.370 e. The number of nitrogens with one attached hydrogen (secondary N) is 1. The monoisotopic (exact) mass is 382 g/mol. The van der Waals surface area contributed by atoms with Crippen LogP contribution >= 0.6 is 11.3 Å². The Hall–Kier alpha value is -2.28. The van der Waals surface area contributed by atoms with Gasteiger partial charge >= 0.3 is 0 Å². The van der Waals surface area contributed by atoms with Gasteiger partial charge in [0.1, 0.15) is 13.1 Å². The highest BCUT2D eigenvalue weighted by molar-refractivity contribution is 7.22. The van der Waals surface area contributed by atoms with Crippen LogP contribution in [0.3, 0.4) is 0 Å². The summed E-state index contributed by atoms with van der Waals surface area (Å²) in [6, 6.07) is 15.7. The van der Waals surface area contributed by atoms with Gasteiger partial charge in [0.25, 0.3) is 5.91 Å². The number of aryl methyl sites for hydroxylation is 1. The fraction of sp³-hybridized carbons (Fsp3) is 0.333. The number of fused-ring (bicyclic) bond motifs is 1. The Morgan fingerprint density at radius 1 is 1.19 bits per heavy atom. The Kier molecular flexibility index (Phi) is 5.48. The van der Waals surface area contributed by atoms with Crippen molar-refractivity contribution in [1.82, 2.24) is 4.98 Å². The number of carbonyl (C=O) groups excluding carboxylic acids is 1. The predicted octanol–water partition coefficient (Wildman–Crippen LogP) is 2.17. The molecule has 1 aliphatic rings. The van der Waals surface area contributed by atoms with Crippen LogP contribution in [0.15, 0.2) is 48.5 Å². The summed E-state index contributed by atoms with van der Waals surface area (Å²) in [5.74, 6) is 0.0130. The van der Waals surface area contributed by atoms with Gasteiger partial charge in [-0.25, -0.2) is 4.98 Å². The normalized spacial score (nSPS) is 15.1. The summed E-state index contributed by atoms with van der Waals surface area (Å²) in [4.78, 5) is 21.3. The molecule has 0 aliphatic carbocycles. The van der Waals surface area contributed by atoms with Gasteiger partial charge in [-0.1, -0.05) is 35.6 Å². The molecule has 1 aliphatic heterocycles. The summed E-state index contributed by atoms with van der Waals surface area (Å²) < 4.78 is 6.57. The molecule has 0 radical (unpaired) electrons. The highest BCUT2D eigenvalue weighted by Gasteiger charge is 2.24. The minimum atomic E-state index is 0.0130. The van der Waals surface area contributed by atoms with E-state index in [2.05, 4.69) is 19.1 Å². The number of carbonyl (C=O) groups is 1. The van der Waals surface area contributed by atoms with Gasteiger partial charge in [-0.2, -0.15) is 0 Å². The van der Waals surface area contributed by atoms with Crippen LogP contribution < -0.4 is 9.80 Å². The number of thiazole rings is 1. The SMILES string of the molecule is Cc1ccc2nc(N(CC[NH+]3CCOCC3)C(=O)c3ccccc3)sc2c1. The molecular weight excluding hydrogens is 358 g/mol. The van der Waals surface area contributed by atoms with E-state index in [1.165, 1.54) is 10.5 Å². The summed E-state index contributed by atoms with van der Waals surface area (Å²) in [6.45, 7) is 7.20. The second kappa shape index (κ2) is 8.17. The Bertz CT molecular complexity index is 920. The highest BCUT2D eigenvalue weighted by Crippen LogP contribution is 2.30. The van der Waals surface area contributed by atoms with E-state index in [1.807, 2.05) is 41.3 Å². The van der Waals surface area contributed by atoms with E-state index in [0.717, 1.165) is 48.2 Å². The molecule has 1 N–H and O–H groups in total. The smallest absolute Gasteiger partial charge is 0.260 e. The fourth-order valence-electron chi connectivity index (χ4n) is 3.34. The van der Waals surface area contributed by atoms with E-state index in [-0.39, 0.29) is 5.91 Å². The first kappa shape index (κ1) is 18.1. The molecule has 1 aromatic heterocycles. The Morgan fingerprint density at radius 3 is 2.74 bits per heavy atom. The Balaban J connectivity index is 1.62. The number of hydrogen-bond donors (Lipinski definition) is 1. The van der Waals surface area contributed by atoms with Crippen LogP contribution in [0.4, 0.5) is 5.13 Å². The molecule has 2 aromatic carbocycles. The predicted molar refractivity (Wildman–Crippen MR) is 109 cm³/mol. The first-order valence-electron chi connectivity index (χ1n) is 9.36. The number of hydrogen-bond acceptors (Lipinski definition) is 4. The van der Waals surface area contributed by atoms with Gasteiger partial charge in [0.15, 0.2) is 5.13 Å². The van der Waals surface area contributed by atoms with E-state index < -0.39 is 0 Å². The molecule has 2 heterocycles. The van der Waals surface area contributed by atoms with E-state index >= 15 is 0 Å². The van der Waals surface area contributed by atoms with E-state index in [4.69, 9.17) is 9.72 Å². The minimum absolute atomic E-state index is 0.0130. The summed E-state index contributed by atoms with van der Waals surface area (Å²) in [5.41, 5.74) is 2.85. The van der Waals surface area contributed by atoms with Crippen molar-refractivity contribution in [2.24, 2.45) is 0 Å². The van der Waals surface area contributed by atoms with E-state index in [9.17, 15) is 4.79 Å². The van der Waals surface area contributed by atoms with Gasteiger partial charge in [-0.15, -0.1) is 0 Å². The zero-order chi connectivity index (χ0) is 18.6. The van der Waals surface area contributed by atoms with Gasteiger partial charge in [-0.05, 0) is 36.8 Å². The molecule has 140 valence electrons. The van der Waals surface area contributed by atoms with Crippen LogP contribution in [0.25, 0.3) is 10.2 Å². The summed E-state index contributed by atoms with van der Waals surface area (Å²) >= 11 is 1.59. The van der Waals surface area contributed by atoms with Gasteiger partial charge in [-0.3, -0.25) is 9.69 Å². The van der Waals surface area contributed by atoms with Crippen molar-refractivity contribution in [2.75, 3.05) is 44.3 Å². The summed E-state index contributed by atoms with van der Waals surface area (Å²) in [6.07, 6.45) is 0. The lowest BCUT2D eigenvalue weighted by molar-refractivity contribution is -0.906. The quantitative estimate of drug-likeness (QED) is 0.736. The standard InChI is InChI=1S/C21H23N3O2S/c1-16-7-8-18-19(15-16)27-21(22-18)24(10-9-23-11-13-26-14-12-23)20(25)17-5-3-2-4-6-17/h2-8,15H,9-14H2,1H3/p+1. The van der Waals surface area contributed by atoms with Crippen molar-refractivity contribution in [3.8, 4) is 0 Å². The first-order valence-corrected chi connectivity index (χ1v) is 10.2. The molecule has 0 saturated carbocycles. The number of anilines is 1. The second-order valence-corrected chi connectivity index (χ2v) is 7.91. The third-order valence-electron chi connectivity index (χ3n) is 4.92. The molecule has 1 fully saturated rings. The second-order valence-electron chi connectivity index (χ2n) is 6.90. The minimum Gasteiger partial charge on any atom is -0.370 e. The lowest BCUT2D eigenvalue weighted by Crippen LogP contribution is -3.14. The van der Waals surface area contributed by atoms with Crippen molar-refractivity contribution >= 4 is 32.6 Å². The average Bonchev–Trinajstić information content (AvgIpc) is 3.12. The van der Waals surface area contributed by atoms with Crippen LogP contribution in [-0.2, 0) is 4.74 Å². The number of aromatic nitrogens is 1. The zero-order valence-corrected chi connectivity index (χ0v) is 16.3. The molecule has 0 atom stereocenters. The van der Waals surface area contributed by atoms with Crippen LogP contribution in [0.2, 0.25) is 0 Å². The van der Waals surface area contributed by atoms with Gasteiger partial charge in [0.05, 0.1) is 36.5 Å². The molecule has 3 aromatic rings. The number of nitrogens with zero attached hydrogens (tertiary/aromatic N) is 2. The number of benzene rings is 2. The number of morpholine rings is 1. The third kappa shape index (κ3) is 4.18. The molecule has 4 rings (SSSR count). The van der Waals surface area contributed by atoms with Crippen molar-refractivity contribution in [2.45, 2.75) is 6.92 Å². The number of amides is 1. The summed E-state index contributed by atoms with van der Waals surface area (Å²) in [7, 11) is 0. The summed E-state index contributed by atoms with van der Waals surface area (Å²) in [5, 5.41) is 0.775. The van der Waals surface area contributed by atoms with Crippen LogP contribution in [0, 0.1) is 6.92 Å². The Labute approximate surface area is 163 Å². The van der Waals surface area contributed by atoms with Crippen LogP contribution in [0.5, 0.6) is 0 Å². The molecule has 27 heavy (non-hydrogen) atoms.